The van der Waals surface area contributed by atoms with E-state index in [-0.39, 0.29) is 21.3 Å². The molecule has 0 saturated heterocycles. The Hall–Kier alpha value is -1.77. The highest BCUT2D eigenvalue weighted by Gasteiger charge is 2.20. The van der Waals surface area contributed by atoms with Gasteiger partial charge in [-0.05, 0) is 42.8 Å². The SMILES string of the molecule is Cc1cc(Br)ccc1S(=O)(=O)Nc1cc2c(cc1Cl)n(C)c(=O)n2C. The van der Waals surface area contributed by atoms with E-state index < -0.39 is 10.0 Å². The maximum Gasteiger partial charge on any atom is 0.328 e. The summed E-state index contributed by atoms with van der Waals surface area (Å²) in [5.41, 5.74) is 1.82. The molecule has 0 aliphatic heterocycles. The highest BCUT2D eigenvalue weighted by atomic mass is 79.9. The molecule has 1 heterocycles. The Bertz CT molecular complexity index is 1170. The minimum absolute atomic E-state index is 0.161. The lowest BCUT2D eigenvalue weighted by Crippen LogP contribution is -2.19. The fourth-order valence-electron chi connectivity index (χ4n) is 2.71. The second-order valence-electron chi connectivity index (χ2n) is 5.74. The molecule has 3 aromatic rings. The van der Waals surface area contributed by atoms with Crippen LogP contribution in [0.25, 0.3) is 11.0 Å². The molecular weight excluding hydrogens is 430 g/mol. The summed E-state index contributed by atoms with van der Waals surface area (Å²) in [6.45, 7) is 1.71. The van der Waals surface area contributed by atoms with Crippen molar-refractivity contribution >= 4 is 54.3 Å². The fraction of sp³-hybridized carbons (Fsp3) is 0.188. The molecule has 1 N–H and O–H groups in total. The molecule has 0 amide bonds. The molecule has 25 heavy (non-hydrogen) atoms. The van der Waals surface area contributed by atoms with Gasteiger partial charge < -0.3 is 0 Å². The van der Waals surface area contributed by atoms with E-state index >= 15 is 0 Å². The molecule has 0 aliphatic rings. The summed E-state index contributed by atoms with van der Waals surface area (Å²) in [5, 5.41) is 0.215. The van der Waals surface area contributed by atoms with Crippen LogP contribution in [0.1, 0.15) is 5.56 Å². The lowest BCUT2D eigenvalue weighted by Gasteiger charge is -2.12. The monoisotopic (exact) mass is 443 g/mol. The number of aromatic nitrogens is 2. The quantitative estimate of drug-likeness (QED) is 0.673. The van der Waals surface area contributed by atoms with Crippen LogP contribution >= 0.6 is 27.5 Å². The van der Waals surface area contributed by atoms with E-state index in [9.17, 15) is 13.2 Å². The number of fused-ring (bicyclic) bond motifs is 1. The molecule has 0 saturated carbocycles. The van der Waals surface area contributed by atoms with Crippen LogP contribution in [-0.4, -0.2) is 17.6 Å². The molecule has 2 aromatic carbocycles. The molecule has 0 radical (unpaired) electrons. The number of nitrogens with one attached hydrogen (secondary N) is 1. The summed E-state index contributed by atoms with van der Waals surface area (Å²) in [7, 11) is -0.562. The Balaban J connectivity index is 2.12. The average Bonchev–Trinajstić information content (AvgIpc) is 2.72. The normalized spacial score (nSPS) is 11.9. The first-order valence-corrected chi connectivity index (χ1v) is 9.91. The number of anilines is 1. The molecule has 0 unspecified atom stereocenters. The first-order valence-electron chi connectivity index (χ1n) is 7.26. The molecule has 9 heteroatoms. The Morgan fingerprint density at radius 1 is 1.08 bits per heavy atom. The van der Waals surface area contributed by atoms with E-state index in [1.54, 1.807) is 45.3 Å². The van der Waals surface area contributed by atoms with Gasteiger partial charge in [0.25, 0.3) is 10.0 Å². The van der Waals surface area contributed by atoms with Crippen molar-refractivity contribution < 1.29 is 8.42 Å². The maximum atomic E-state index is 12.7. The third-order valence-electron chi connectivity index (χ3n) is 4.03. The van der Waals surface area contributed by atoms with Crippen LogP contribution in [-0.2, 0) is 24.1 Å². The van der Waals surface area contributed by atoms with Gasteiger partial charge in [-0.15, -0.1) is 0 Å². The number of sulfonamides is 1. The van der Waals surface area contributed by atoms with E-state index in [4.69, 9.17) is 11.6 Å². The number of hydrogen-bond acceptors (Lipinski definition) is 3. The van der Waals surface area contributed by atoms with Crippen molar-refractivity contribution in [3.05, 3.63) is 55.9 Å². The van der Waals surface area contributed by atoms with Crippen LogP contribution in [0.5, 0.6) is 0 Å². The van der Waals surface area contributed by atoms with Crippen molar-refractivity contribution in [2.75, 3.05) is 4.72 Å². The number of imidazole rings is 1. The summed E-state index contributed by atoms with van der Waals surface area (Å²) < 4.78 is 31.6. The standard InChI is InChI=1S/C16H15BrClN3O3S/c1-9-6-10(17)4-5-15(9)25(23,24)19-12-8-14-13(7-11(12)18)20(2)16(22)21(14)3/h4-8,19H,1-3H3. The van der Waals surface area contributed by atoms with Crippen molar-refractivity contribution in [3.63, 3.8) is 0 Å². The third kappa shape index (κ3) is 3.09. The Morgan fingerprint density at radius 3 is 2.28 bits per heavy atom. The zero-order valence-electron chi connectivity index (χ0n) is 13.7. The molecule has 0 atom stereocenters. The summed E-state index contributed by atoms with van der Waals surface area (Å²) in [5.74, 6) is 0. The first-order chi connectivity index (χ1) is 11.6. The van der Waals surface area contributed by atoms with Gasteiger partial charge in [-0.25, -0.2) is 13.2 Å². The highest BCUT2D eigenvalue weighted by molar-refractivity contribution is 9.10. The van der Waals surface area contributed by atoms with Gasteiger partial charge in [0.05, 0.1) is 26.6 Å². The Morgan fingerprint density at radius 2 is 1.68 bits per heavy atom. The Kier molecular flexibility index (Phi) is 4.47. The lowest BCUT2D eigenvalue weighted by atomic mass is 10.2. The summed E-state index contributed by atoms with van der Waals surface area (Å²) in [4.78, 5) is 12.2. The van der Waals surface area contributed by atoms with Crippen LogP contribution in [0.4, 0.5) is 5.69 Å². The van der Waals surface area contributed by atoms with Gasteiger partial charge in [0.15, 0.2) is 0 Å². The van der Waals surface area contributed by atoms with E-state index in [0.717, 1.165) is 4.47 Å². The molecule has 132 valence electrons. The van der Waals surface area contributed by atoms with E-state index in [1.807, 2.05) is 0 Å². The second kappa shape index (κ2) is 6.19. The lowest BCUT2D eigenvalue weighted by molar-refractivity contribution is 0.600. The highest BCUT2D eigenvalue weighted by Crippen LogP contribution is 2.30. The van der Waals surface area contributed by atoms with Gasteiger partial charge in [0, 0.05) is 18.6 Å². The third-order valence-corrected chi connectivity index (χ3v) is 6.36. The molecule has 0 spiro atoms. The van der Waals surface area contributed by atoms with E-state index in [0.29, 0.717) is 16.6 Å². The zero-order valence-corrected chi connectivity index (χ0v) is 16.8. The minimum Gasteiger partial charge on any atom is -0.295 e. The van der Waals surface area contributed by atoms with Gasteiger partial charge in [0.1, 0.15) is 0 Å². The average molecular weight is 445 g/mol. The molecule has 1 aromatic heterocycles. The molecule has 3 rings (SSSR count). The maximum absolute atomic E-state index is 12.7. The van der Waals surface area contributed by atoms with Gasteiger partial charge in [-0.2, -0.15) is 0 Å². The van der Waals surface area contributed by atoms with Crippen molar-refractivity contribution in [1.29, 1.82) is 0 Å². The molecule has 6 nitrogen and oxygen atoms in total. The van der Waals surface area contributed by atoms with Gasteiger partial charge in [-0.1, -0.05) is 27.5 Å². The second-order valence-corrected chi connectivity index (χ2v) is 8.71. The first kappa shape index (κ1) is 18.0. The zero-order chi connectivity index (χ0) is 18.5. The predicted octanol–water partition coefficient (Wildman–Crippen LogP) is 3.40. The number of benzene rings is 2. The van der Waals surface area contributed by atoms with Crippen molar-refractivity contribution in [2.45, 2.75) is 11.8 Å². The van der Waals surface area contributed by atoms with E-state index in [2.05, 4.69) is 20.7 Å². The minimum atomic E-state index is -3.82. The Labute approximate surface area is 158 Å². The van der Waals surface area contributed by atoms with Gasteiger partial charge >= 0.3 is 5.69 Å². The smallest absolute Gasteiger partial charge is 0.295 e. The van der Waals surface area contributed by atoms with Crippen molar-refractivity contribution in [2.24, 2.45) is 14.1 Å². The van der Waals surface area contributed by atoms with Crippen molar-refractivity contribution in [1.82, 2.24) is 9.13 Å². The fourth-order valence-corrected chi connectivity index (χ4v) is 4.75. The van der Waals surface area contributed by atoms with E-state index in [1.165, 1.54) is 15.2 Å². The molecule has 0 aliphatic carbocycles. The summed E-state index contributed by atoms with van der Waals surface area (Å²) >= 11 is 9.55. The van der Waals surface area contributed by atoms with Crippen molar-refractivity contribution in [3.8, 4) is 0 Å². The molecular formula is C16H15BrClN3O3S. The predicted molar refractivity (Wildman–Crippen MR) is 103 cm³/mol. The summed E-state index contributed by atoms with van der Waals surface area (Å²) in [6, 6.07) is 8.04. The summed E-state index contributed by atoms with van der Waals surface area (Å²) in [6.07, 6.45) is 0. The largest absolute Gasteiger partial charge is 0.328 e. The van der Waals surface area contributed by atoms with Gasteiger partial charge in [0.2, 0.25) is 0 Å². The molecule has 0 bridgehead atoms. The number of aryl methyl sites for hydroxylation is 3. The van der Waals surface area contributed by atoms with Crippen LogP contribution in [0.2, 0.25) is 5.02 Å². The number of hydrogen-bond donors (Lipinski definition) is 1. The topological polar surface area (TPSA) is 73.1 Å². The van der Waals surface area contributed by atoms with Crippen LogP contribution in [0.15, 0.2) is 44.5 Å². The molecule has 0 fully saturated rings. The van der Waals surface area contributed by atoms with Crippen LogP contribution < -0.4 is 10.4 Å². The number of halogens is 2. The van der Waals surface area contributed by atoms with Gasteiger partial charge in [-0.3, -0.25) is 13.9 Å². The number of nitrogens with zero attached hydrogens (tertiary/aromatic N) is 2. The number of rotatable bonds is 3. The van der Waals surface area contributed by atoms with Crippen LogP contribution in [0.3, 0.4) is 0 Å². The van der Waals surface area contributed by atoms with Crippen LogP contribution in [0, 0.1) is 6.92 Å².